The van der Waals surface area contributed by atoms with Crippen LogP contribution >= 0.6 is 11.3 Å². The van der Waals surface area contributed by atoms with Gasteiger partial charge in [0, 0.05) is 10.9 Å². The van der Waals surface area contributed by atoms with Crippen LogP contribution in [0.5, 0.6) is 0 Å². The number of hydroxylamine groups is 1. The first-order valence-corrected chi connectivity index (χ1v) is 14.7. The van der Waals surface area contributed by atoms with Gasteiger partial charge in [-0.1, -0.05) is 51.1 Å². The van der Waals surface area contributed by atoms with Crippen molar-refractivity contribution in [2.24, 2.45) is 17.3 Å². The molecule has 4 atom stereocenters. The molecule has 0 N–H and O–H groups in total. The topological polar surface area (TPSA) is 119 Å². The van der Waals surface area contributed by atoms with Crippen LogP contribution in [0.15, 0.2) is 54.6 Å². The molecule has 3 aromatic rings. The minimum Gasteiger partial charge on any atom is -0.465 e. The number of imide groups is 1. The van der Waals surface area contributed by atoms with E-state index in [0.29, 0.717) is 18.0 Å². The third-order valence-electron chi connectivity index (χ3n) is 8.64. The fourth-order valence-electron chi connectivity index (χ4n) is 6.41. The van der Waals surface area contributed by atoms with Gasteiger partial charge in [-0.05, 0) is 54.4 Å². The molecule has 11 heteroatoms. The second kappa shape index (κ2) is 10.3. The predicted molar refractivity (Wildman–Crippen MR) is 156 cm³/mol. The lowest BCUT2D eigenvalue weighted by atomic mass is 9.72. The molecule has 2 amide bonds. The molecule has 42 heavy (non-hydrogen) atoms. The number of methoxy groups -OCH3 is 1. The molecule has 2 aliphatic heterocycles. The van der Waals surface area contributed by atoms with Gasteiger partial charge in [0.05, 0.1) is 28.8 Å². The highest BCUT2D eigenvalue weighted by Gasteiger charge is 2.62. The first kappa shape index (κ1) is 28.0. The van der Waals surface area contributed by atoms with Crippen LogP contribution in [0, 0.1) is 27.4 Å². The largest absolute Gasteiger partial charge is 0.465 e. The summed E-state index contributed by atoms with van der Waals surface area (Å²) in [4.78, 5) is 61.2. The van der Waals surface area contributed by atoms with Crippen LogP contribution in [0.4, 0.5) is 16.4 Å². The number of carbonyl (C=O) groups excluding carboxylic acids is 3. The summed E-state index contributed by atoms with van der Waals surface area (Å²) in [6, 6.07) is 14.1. The summed E-state index contributed by atoms with van der Waals surface area (Å²) in [5, 5.41) is 13.7. The van der Waals surface area contributed by atoms with E-state index in [9.17, 15) is 24.5 Å². The molecule has 2 aromatic carbocycles. The van der Waals surface area contributed by atoms with E-state index in [2.05, 4.69) is 20.8 Å². The molecule has 218 valence electrons. The van der Waals surface area contributed by atoms with Crippen molar-refractivity contribution in [3.05, 3.63) is 86.3 Å². The lowest BCUT2D eigenvalue weighted by Crippen LogP contribution is -2.37. The maximum absolute atomic E-state index is 14.3. The number of benzene rings is 2. The first-order chi connectivity index (χ1) is 20.0. The van der Waals surface area contributed by atoms with Gasteiger partial charge in [0.25, 0.3) is 11.6 Å². The van der Waals surface area contributed by atoms with E-state index in [1.807, 2.05) is 6.07 Å². The third kappa shape index (κ3) is 4.38. The van der Waals surface area contributed by atoms with Gasteiger partial charge in [0.1, 0.15) is 17.0 Å². The Morgan fingerprint density at radius 2 is 1.76 bits per heavy atom. The van der Waals surface area contributed by atoms with E-state index in [0.717, 1.165) is 28.2 Å². The Kier molecular flexibility index (Phi) is 6.89. The van der Waals surface area contributed by atoms with Gasteiger partial charge in [0.2, 0.25) is 5.91 Å². The number of hydrogen-bond acceptors (Lipinski definition) is 9. The summed E-state index contributed by atoms with van der Waals surface area (Å²) in [7, 11) is 1.28. The predicted octanol–water partition coefficient (Wildman–Crippen LogP) is 5.65. The Bertz CT molecular complexity index is 1600. The number of anilines is 2. The lowest BCUT2D eigenvalue weighted by Gasteiger charge is -2.33. The van der Waals surface area contributed by atoms with Gasteiger partial charge in [-0.25, -0.2) is 14.8 Å². The Morgan fingerprint density at radius 3 is 2.43 bits per heavy atom. The van der Waals surface area contributed by atoms with E-state index in [4.69, 9.17) is 9.57 Å². The average Bonchev–Trinajstić information content (AvgIpc) is 3.62. The van der Waals surface area contributed by atoms with E-state index in [1.165, 1.54) is 29.6 Å². The summed E-state index contributed by atoms with van der Waals surface area (Å²) in [6.45, 7) is 6.56. The Balaban J connectivity index is 1.46. The maximum atomic E-state index is 14.3. The molecule has 2 saturated heterocycles. The van der Waals surface area contributed by atoms with Gasteiger partial charge in [0.15, 0.2) is 6.10 Å². The number of nitro groups is 1. The quantitative estimate of drug-likeness (QED) is 0.162. The number of rotatable bonds is 5. The molecule has 0 saturated carbocycles. The summed E-state index contributed by atoms with van der Waals surface area (Å²) >= 11 is 1.28. The van der Waals surface area contributed by atoms with Crippen molar-refractivity contribution in [2.45, 2.75) is 52.2 Å². The van der Waals surface area contributed by atoms with Crippen molar-refractivity contribution in [3.8, 4) is 0 Å². The second-order valence-electron chi connectivity index (χ2n) is 12.0. The molecule has 0 unspecified atom stereocenters. The number of ether oxygens (including phenoxy) is 1. The normalized spacial score (nSPS) is 23.6. The molecule has 0 bridgehead atoms. The zero-order valence-electron chi connectivity index (χ0n) is 23.7. The summed E-state index contributed by atoms with van der Waals surface area (Å²) in [6.07, 6.45) is 1.01. The highest BCUT2D eigenvalue weighted by molar-refractivity contribution is 7.17. The average molecular weight is 590 g/mol. The van der Waals surface area contributed by atoms with Crippen LogP contribution in [0.3, 0.4) is 0 Å². The molecule has 0 radical (unpaired) electrons. The molecule has 3 heterocycles. The molecule has 3 aliphatic rings. The number of nitro benzene ring substituents is 1. The minimum atomic E-state index is -1.23. The van der Waals surface area contributed by atoms with E-state index in [1.54, 1.807) is 42.5 Å². The van der Waals surface area contributed by atoms with Crippen LogP contribution in [0.2, 0.25) is 0 Å². The number of fused-ring (bicyclic) bond motifs is 2. The van der Waals surface area contributed by atoms with Crippen LogP contribution in [-0.2, 0) is 32.0 Å². The highest BCUT2D eigenvalue weighted by atomic mass is 32.1. The standard InChI is InChI=1S/C31H31N3O7S/c1-31(2,3)17-14-15-20-22(16-17)42-29(23(20)30(37)40-4)32-27(35)24-25(19-12-8-9-13-21(19)34(38)39)33(41-26(24)28(32)36)18-10-6-5-7-11-18/h5-13,17,24-26H,14-16H2,1-4H3/t17-,24-,25+,26+/m0/s1. The van der Waals surface area contributed by atoms with Crippen LogP contribution in [0.25, 0.3) is 0 Å². The zero-order valence-corrected chi connectivity index (χ0v) is 24.6. The smallest absolute Gasteiger partial charge is 0.341 e. The van der Waals surface area contributed by atoms with Gasteiger partial charge in [-0.2, -0.15) is 0 Å². The fraction of sp³-hybridized carbons (Fsp3) is 0.387. The fourth-order valence-corrected chi connectivity index (χ4v) is 7.84. The zero-order chi connectivity index (χ0) is 29.9. The molecule has 1 aliphatic carbocycles. The third-order valence-corrected chi connectivity index (χ3v) is 9.88. The van der Waals surface area contributed by atoms with Crippen molar-refractivity contribution < 1.29 is 28.9 Å². The van der Waals surface area contributed by atoms with Crippen LogP contribution in [-0.4, -0.2) is 35.9 Å². The molecule has 6 rings (SSSR count). The summed E-state index contributed by atoms with van der Waals surface area (Å²) in [5.41, 5.74) is 1.75. The van der Waals surface area contributed by atoms with E-state index < -0.39 is 40.8 Å². The molecule has 0 spiro atoms. The van der Waals surface area contributed by atoms with Crippen molar-refractivity contribution >= 4 is 45.5 Å². The summed E-state index contributed by atoms with van der Waals surface area (Å²) in [5.74, 6) is -2.48. The second-order valence-corrected chi connectivity index (χ2v) is 13.1. The molecule has 10 nitrogen and oxygen atoms in total. The molecule has 2 fully saturated rings. The Morgan fingerprint density at radius 1 is 1.07 bits per heavy atom. The number of para-hydroxylation sites is 2. The Hall–Kier alpha value is -4.09. The first-order valence-electron chi connectivity index (χ1n) is 13.9. The molecular formula is C31H31N3O7S. The number of carbonyl (C=O) groups is 3. The van der Waals surface area contributed by atoms with Gasteiger partial charge < -0.3 is 4.74 Å². The minimum absolute atomic E-state index is 0.0515. The van der Waals surface area contributed by atoms with Crippen molar-refractivity contribution in [2.75, 3.05) is 17.1 Å². The van der Waals surface area contributed by atoms with E-state index in [-0.39, 0.29) is 27.2 Å². The number of nitrogens with zero attached hydrogens (tertiary/aromatic N) is 3. The number of hydrogen-bond donors (Lipinski definition) is 0. The highest BCUT2D eigenvalue weighted by Crippen LogP contribution is 2.52. The van der Waals surface area contributed by atoms with Crippen LogP contribution in [0.1, 0.15) is 59.6 Å². The van der Waals surface area contributed by atoms with Crippen molar-refractivity contribution in [3.63, 3.8) is 0 Å². The van der Waals surface area contributed by atoms with Crippen LogP contribution < -0.4 is 9.96 Å². The number of thiophene rings is 1. The summed E-state index contributed by atoms with van der Waals surface area (Å²) < 4.78 is 5.13. The Labute approximate surface area is 246 Å². The maximum Gasteiger partial charge on any atom is 0.341 e. The van der Waals surface area contributed by atoms with E-state index >= 15 is 0 Å². The van der Waals surface area contributed by atoms with Crippen molar-refractivity contribution in [1.82, 2.24) is 0 Å². The molecular weight excluding hydrogens is 558 g/mol. The number of esters is 1. The number of amides is 2. The van der Waals surface area contributed by atoms with Gasteiger partial charge in [-0.15, -0.1) is 11.3 Å². The lowest BCUT2D eigenvalue weighted by molar-refractivity contribution is -0.385. The van der Waals surface area contributed by atoms with Gasteiger partial charge in [-0.3, -0.25) is 24.5 Å². The van der Waals surface area contributed by atoms with Gasteiger partial charge >= 0.3 is 5.97 Å². The SMILES string of the molecule is COC(=O)c1c(N2C(=O)[C@H]3[C@@H](c4ccccc4[N+](=O)[O-])N(c4ccccc4)O[C@H]3C2=O)sc2c1CC[C@H](C(C)(C)C)C2. The van der Waals surface area contributed by atoms with Crippen molar-refractivity contribution in [1.29, 1.82) is 0 Å². The monoisotopic (exact) mass is 589 g/mol. The molecule has 1 aromatic heterocycles.